The zero-order chi connectivity index (χ0) is 6.41. The first-order chi connectivity index (χ1) is 3.85. The van der Waals surface area contributed by atoms with Crippen LogP contribution < -0.4 is 0 Å². The summed E-state index contributed by atoms with van der Waals surface area (Å²) in [5.74, 6) is 0. The van der Waals surface area contributed by atoms with Crippen molar-refractivity contribution in [3.63, 3.8) is 0 Å². The van der Waals surface area contributed by atoms with Crippen LogP contribution in [0.2, 0.25) is 0 Å². The summed E-state index contributed by atoms with van der Waals surface area (Å²) >= 11 is 0. The van der Waals surface area contributed by atoms with Gasteiger partial charge in [-0.3, -0.25) is 0 Å². The van der Waals surface area contributed by atoms with E-state index in [-0.39, 0.29) is 12.7 Å². The summed E-state index contributed by atoms with van der Waals surface area (Å²) in [4.78, 5) is 0. The predicted molar refractivity (Wildman–Crippen MR) is 29.6 cm³/mol. The van der Waals surface area contributed by atoms with Crippen LogP contribution in [0.25, 0.3) is 0 Å². The van der Waals surface area contributed by atoms with E-state index in [9.17, 15) is 0 Å². The van der Waals surface area contributed by atoms with E-state index in [1.54, 1.807) is 0 Å². The summed E-state index contributed by atoms with van der Waals surface area (Å²) < 4.78 is 8.89. The molecule has 0 aliphatic carbocycles. The first-order valence-electron chi connectivity index (χ1n) is 2.30. The van der Waals surface area contributed by atoms with Gasteiger partial charge in [0.15, 0.2) is 0 Å². The van der Waals surface area contributed by atoms with E-state index >= 15 is 0 Å². The quantitative estimate of drug-likeness (QED) is 0.483. The number of methoxy groups -OCH3 is 1. The van der Waals surface area contributed by atoms with E-state index in [1.807, 2.05) is 0 Å². The Kier molecular flexibility index (Phi) is 5.05. The highest BCUT2D eigenvalue weighted by molar-refractivity contribution is 5.98. The van der Waals surface area contributed by atoms with Crippen LogP contribution in [0.5, 0.6) is 0 Å². The Bertz CT molecular complexity index is 46.5. The van der Waals surface area contributed by atoms with Gasteiger partial charge in [0.1, 0.15) is 0 Å². The monoisotopic (exact) mass is 116 g/mol. The maximum atomic E-state index is 8.37. The fourth-order valence-corrected chi connectivity index (χ4v) is 0.321. The van der Waals surface area contributed by atoms with Crippen molar-refractivity contribution in [2.45, 2.75) is 6.10 Å². The largest absolute Gasteiger partial charge is 0.441 e. The van der Waals surface area contributed by atoms with Gasteiger partial charge in [0, 0.05) is 7.11 Å². The van der Waals surface area contributed by atoms with Crippen LogP contribution in [0.3, 0.4) is 0 Å². The smallest absolute Gasteiger partial charge is 0.283 e. The Hall–Kier alpha value is -0.0551. The zero-order valence-corrected chi connectivity index (χ0v) is 4.83. The molecule has 1 N–H and O–H groups in total. The van der Waals surface area contributed by atoms with Crippen molar-refractivity contribution >= 4 is 8.05 Å². The standard InChI is InChI=1S/C4H9BO3/c1-7-3-4(2-6)8-5/h4,6H,2-3H2,1H3. The Balaban J connectivity index is 3.07. The average Bonchev–Trinajstić information content (AvgIpc) is 1.83. The van der Waals surface area contributed by atoms with E-state index in [0.29, 0.717) is 6.61 Å². The van der Waals surface area contributed by atoms with Gasteiger partial charge >= 0.3 is 0 Å². The summed E-state index contributed by atoms with van der Waals surface area (Å²) in [6.45, 7) is 0.220. The number of aliphatic hydroxyl groups excluding tert-OH is 1. The highest BCUT2D eigenvalue weighted by atomic mass is 16.5. The third-order valence-corrected chi connectivity index (χ3v) is 0.749. The fourth-order valence-electron chi connectivity index (χ4n) is 0.321. The molecule has 0 amide bonds. The van der Waals surface area contributed by atoms with E-state index in [2.05, 4.69) is 9.39 Å². The second-order valence-corrected chi connectivity index (χ2v) is 1.40. The van der Waals surface area contributed by atoms with Crippen LogP contribution in [0.4, 0.5) is 0 Å². The summed E-state index contributed by atoms with van der Waals surface area (Å²) in [6, 6.07) is 0. The minimum absolute atomic E-state index is 0.107. The summed E-state index contributed by atoms with van der Waals surface area (Å²) in [6.07, 6.45) is -0.389. The highest BCUT2D eigenvalue weighted by Gasteiger charge is 2.00. The maximum absolute atomic E-state index is 8.37. The molecule has 0 saturated heterocycles. The zero-order valence-electron chi connectivity index (χ0n) is 4.83. The molecule has 0 aromatic heterocycles. The lowest BCUT2D eigenvalue weighted by atomic mass is 10.4. The maximum Gasteiger partial charge on any atom is 0.283 e. The van der Waals surface area contributed by atoms with Crippen molar-refractivity contribution in [2.75, 3.05) is 20.3 Å². The summed E-state index contributed by atoms with van der Waals surface area (Å²) in [5, 5.41) is 8.37. The van der Waals surface area contributed by atoms with E-state index in [1.165, 1.54) is 7.11 Å². The first kappa shape index (κ1) is 7.94. The van der Waals surface area contributed by atoms with Crippen LogP contribution in [0.15, 0.2) is 0 Å². The number of aliphatic hydroxyl groups is 1. The second-order valence-electron chi connectivity index (χ2n) is 1.40. The Morgan fingerprint density at radius 1 is 1.75 bits per heavy atom. The molecule has 0 heterocycles. The van der Waals surface area contributed by atoms with Crippen LogP contribution >= 0.6 is 0 Å². The fraction of sp³-hybridized carbons (Fsp3) is 1.00. The minimum Gasteiger partial charge on any atom is -0.441 e. The van der Waals surface area contributed by atoms with Crippen molar-refractivity contribution in [2.24, 2.45) is 0 Å². The average molecular weight is 116 g/mol. The lowest BCUT2D eigenvalue weighted by molar-refractivity contribution is 0.0466. The van der Waals surface area contributed by atoms with Crippen LogP contribution in [0, 0.1) is 0 Å². The molecule has 0 spiro atoms. The molecule has 1 unspecified atom stereocenters. The molecule has 0 saturated carbocycles. The molecule has 1 atom stereocenters. The molecule has 0 bridgehead atoms. The van der Waals surface area contributed by atoms with Crippen LogP contribution in [-0.4, -0.2) is 39.6 Å². The van der Waals surface area contributed by atoms with Gasteiger partial charge in [-0.2, -0.15) is 0 Å². The first-order valence-corrected chi connectivity index (χ1v) is 2.30. The molecule has 0 aromatic carbocycles. The molecule has 0 aliphatic heterocycles. The molecule has 0 rings (SSSR count). The van der Waals surface area contributed by atoms with Crippen LogP contribution in [-0.2, 0) is 9.39 Å². The Morgan fingerprint density at radius 3 is 2.50 bits per heavy atom. The topological polar surface area (TPSA) is 38.7 Å². The van der Waals surface area contributed by atoms with Gasteiger partial charge < -0.3 is 14.5 Å². The van der Waals surface area contributed by atoms with Gasteiger partial charge in [0.25, 0.3) is 8.05 Å². The van der Waals surface area contributed by atoms with Gasteiger partial charge in [-0.05, 0) is 0 Å². The number of ether oxygens (including phenoxy) is 1. The lowest BCUT2D eigenvalue weighted by Crippen LogP contribution is -2.21. The third kappa shape index (κ3) is 3.01. The lowest BCUT2D eigenvalue weighted by Gasteiger charge is -2.09. The van der Waals surface area contributed by atoms with Crippen LogP contribution in [0.1, 0.15) is 0 Å². The summed E-state index contributed by atoms with van der Waals surface area (Å²) in [7, 11) is 6.24. The van der Waals surface area contributed by atoms with Crippen molar-refractivity contribution in [3.8, 4) is 0 Å². The molecule has 46 valence electrons. The Labute approximate surface area is 50.0 Å². The predicted octanol–water partition coefficient (Wildman–Crippen LogP) is -0.906. The van der Waals surface area contributed by atoms with Gasteiger partial charge in [-0.25, -0.2) is 0 Å². The van der Waals surface area contributed by atoms with E-state index < -0.39 is 0 Å². The number of rotatable bonds is 4. The number of hydrogen-bond donors (Lipinski definition) is 1. The highest BCUT2D eigenvalue weighted by Crippen LogP contribution is 1.85. The minimum atomic E-state index is -0.389. The number of hydrogen-bond acceptors (Lipinski definition) is 3. The SMILES string of the molecule is [B]OC(CO)COC. The molecule has 3 nitrogen and oxygen atoms in total. The Morgan fingerprint density at radius 2 is 2.38 bits per heavy atom. The van der Waals surface area contributed by atoms with Gasteiger partial charge in [-0.15, -0.1) is 0 Å². The molecule has 0 fully saturated rings. The van der Waals surface area contributed by atoms with Crippen molar-refractivity contribution in [1.82, 2.24) is 0 Å². The molecule has 8 heavy (non-hydrogen) atoms. The van der Waals surface area contributed by atoms with Gasteiger partial charge in [0.05, 0.1) is 19.3 Å². The molecule has 4 heteroatoms. The molecular weight excluding hydrogens is 107 g/mol. The van der Waals surface area contributed by atoms with Gasteiger partial charge in [0.2, 0.25) is 0 Å². The third-order valence-electron chi connectivity index (χ3n) is 0.749. The molecule has 0 aliphatic rings. The van der Waals surface area contributed by atoms with Crippen molar-refractivity contribution in [1.29, 1.82) is 0 Å². The summed E-state index contributed by atoms with van der Waals surface area (Å²) in [5.41, 5.74) is 0. The van der Waals surface area contributed by atoms with E-state index in [4.69, 9.17) is 13.2 Å². The molecule has 2 radical (unpaired) electrons. The van der Waals surface area contributed by atoms with Gasteiger partial charge in [-0.1, -0.05) is 0 Å². The van der Waals surface area contributed by atoms with E-state index in [0.717, 1.165) is 0 Å². The molecule has 0 aromatic rings. The normalized spacial score (nSPS) is 13.8. The molecular formula is C4H9BO3. The van der Waals surface area contributed by atoms with Crippen molar-refractivity contribution in [3.05, 3.63) is 0 Å². The van der Waals surface area contributed by atoms with Crippen molar-refractivity contribution < 1.29 is 14.5 Å². The second kappa shape index (κ2) is 5.09.